The Morgan fingerprint density at radius 1 is 1.13 bits per heavy atom. The normalized spacial score (nSPS) is 13.3. The van der Waals surface area contributed by atoms with Crippen molar-refractivity contribution in [1.29, 1.82) is 0 Å². The summed E-state index contributed by atoms with van der Waals surface area (Å²) < 4.78 is 5.14. The van der Waals surface area contributed by atoms with Crippen LogP contribution in [0.5, 0.6) is 0 Å². The van der Waals surface area contributed by atoms with Crippen LogP contribution in [0.25, 0.3) is 0 Å². The van der Waals surface area contributed by atoms with E-state index < -0.39 is 12.1 Å². The van der Waals surface area contributed by atoms with Crippen LogP contribution in [0.2, 0.25) is 0 Å². The van der Waals surface area contributed by atoms with Crippen molar-refractivity contribution in [3.63, 3.8) is 0 Å². The minimum atomic E-state index is -0.688. The van der Waals surface area contributed by atoms with E-state index in [2.05, 4.69) is 10.6 Å². The molecule has 3 N–H and O–H groups in total. The number of carbonyl (C=O) groups is 2. The predicted octanol–water partition coefficient (Wildman–Crippen LogP) is 1.82. The molecule has 0 saturated carbocycles. The molecule has 0 heterocycles. The monoisotopic (exact) mass is 322 g/mol. The van der Waals surface area contributed by atoms with Gasteiger partial charge in [-0.1, -0.05) is 44.2 Å². The molecule has 0 aliphatic carbocycles. The summed E-state index contributed by atoms with van der Waals surface area (Å²) in [6.07, 6.45) is -0.143. The van der Waals surface area contributed by atoms with E-state index in [0.29, 0.717) is 6.42 Å². The lowest BCUT2D eigenvalue weighted by Crippen LogP contribution is -2.50. The number of ether oxygens (including phenoxy) is 1. The highest BCUT2D eigenvalue weighted by Crippen LogP contribution is 2.07. The molecule has 2 atom stereocenters. The largest absolute Gasteiger partial charge is 0.445 e. The number of hydrogen-bond donors (Lipinski definition) is 3. The highest BCUT2D eigenvalue weighted by Gasteiger charge is 2.23. The number of rotatable bonds is 8. The molecule has 1 unspecified atom stereocenters. The first-order chi connectivity index (χ1) is 10.9. The number of carbonyl (C=O) groups excluding carboxylic acids is 2. The second kappa shape index (κ2) is 9.84. The number of amides is 2. The Morgan fingerprint density at radius 3 is 2.35 bits per heavy atom. The van der Waals surface area contributed by atoms with Crippen molar-refractivity contribution in [2.75, 3.05) is 6.61 Å². The van der Waals surface area contributed by atoms with Crippen molar-refractivity contribution >= 4 is 12.0 Å². The van der Waals surface area contributed by atoms with Gasteiger partial charge in [-0.25, -0.2) is 4.79 Å². The van der Waals surface area contributed by atoms with Gasteiger partial charge in [0.15, 0.2) is 0 Å². The summed E-state index contributed by atoms with van der Waals surface area (Å²) in [7, 11) is 0. The lowest BCUT2D eigenvalue weighted by Gasteiger charge is -2.21. The number of nitrogens with one attached hydrogen (secondary N) is 2. The Balaban J connectivity index is 2.54. The molecule has 2 amide bonds. The third-order valence-corrected chi connectivity index (χ3v) is 3.19. The summed E-state index contributed by atoms with van der Waals surface area (Å²) >= 11 is 0. The first-order valence-corrected chi connectivity index (χ1v) is 7.80. The fraction of sp³-hybridized carbons (Fsp3) is 0.529. The summed E-state index contributed by atoms with van der Waals surface area (Å²) in [6.45, 7) is 5.62. The van der Waals surface area contributed by atoms with Gasteiger partial charge in [-0.3, -0.25) is 4.79 Å². The zero-order valence-electron chi connectivity index (χ0n) is 13.9. The molecule has 0 bridgehead atoms. The highest BCUT2D eigenvalue weighted by molar-refractivity contribution is 5.85. The van der Waals surface area contributed by atoms with Gasteiger partial charge in [0, 0.05) is 6.04 Å². The second-order valence-electron chi connectivity index (χ2n) is 5.98. The average Bonchev–Trinajstić information content (AvgIpc) is 2.52. The lowest BCUT2D eigenvalue weighted by molar-refractivity contribution is -0.124. The van der Waals surface area contributed by atoms with E-state index in [1.807, 2.05) is 44.2 Å². The molecule has 1 aromatic carbocycles. The van der Waals surface area contributed by atoms with Crippen molar-refractivity contribution in [1.82, 2.24) is 10.6 Å². The second-order valence-corrected chi connectivity index (χ2v) is 5.98. The van der Waals surface area contributed by atoms with Crippen LogP contribution in [0.15, 0.2) is 30.3 Å². The van der Waals surface area contributed by atoms with Gasteiger partial charge in [-0.05, 0) is 24.8 Å². The van der Waals surface area contributed by atoms with E-state index in [-0.39, 0.29) is 31.1 Å². The van der Waals surface area contributed by atoms with Gasteiger partial charge in [0.05, 0.1) is 6.61 Å². The molecule has 0 aromatic heterocycles. The summed E-state index contributed by atoms with van der Waals surface area (Å²) in [4.78, 5) is 24.1. The first kappa shape index (κ1) is 19.0. The standard InChI is InChI=1S/C17H26N2O4/c1-12(2)9-15(16(21)18-13(3)10-20)19-17(22)23-11-14-7-5-4-6-8-14/h4-8,12-13,15,20H,9-11H2,1-3H3,(H,18,21)(H,19,22)/t13?,15-/m0/s1. The van der Waals surface area contributed by atoms with Crippen molar-refractivity contribution < 1.29 is 19.4 Å². The summed E-state index contributed by atoms with van der Waals surface area (Å²) in [6, 6.07) is 8.27. The Kier molecular flexibility index (Phi) is 8.11. The third kappa shape index (κ3) is 7.65. The highest BCUT2D eigenvalue weighted by atomic mass is 16.5. The van der Waals surface area contributed by atoms with E-state index >= 15 is 0 Å². The predicted molar refractivity (Wildman–Crippen MR) is 87.7 cm³/mol. The van der Waals surface area contributed by atoms with Crippen molar-refractivity contribution in [3.05, 3.63) is 35.9 Å². The van der Waals surface area contributed by atoms with Crippen LogP contribution >= 0.6 is 0 Å². The maximum atomic E-state index is 12.2. The minimum Gasteiger partial charge on any atom is -0.445 e. The molecule has 6 nitrogen and oxygen atoms in total. The number of hydrogen-bond acceptors (Lipinski definition) is 4. The van der Waals surface area contributed by atoms with E-state index in [1.165, 1.54) is 0 Å². The summed E-state index contributed by atoms with van der Waals surface area (Å²) in [5.74, 6) is -0.0958. The smallest absolute Gasteiger partial charge is 0.408 e. The molecule has 0 spiro atoms. The Labute approximate surface area is 137 Å². The molecular formula is C17H26N2O4. The van der Waals surface area contributed by atoms with Crippen molar-refractivity contribution in [2.24, 2.45) is 5.92 Å². The molecule has 0 aliphatic rings. The van der Waals surface area contributed by atoms with Gasteiger partial charge < -0.3 is 20.5 Å². The van der Waals surface area contributed by atoms with E-state index in [1.54, 1.807) is 6.92 Å². The van der Waals surface area contributed by atoms with Gasteiger partial charge in [0.25, 0.3) is 0 Å². The van der Waals surface area contributed by atoms with Crippen LogP contribution in [-0.2, 0) is 16.1 Å². The molecule has 1 aromatic rings. The SMILES string of the molecule is CC(C)C[C@H](NC(=O)OCc1ccccc1)C(=O)NC(C)CO. The molecule has 128 valence electrons. The summed E-state index contributed by atoms with van der Waals surface area (Å²) in [5.41, 5.74) is 0.876. The number of aliphatic hydroxyl groups excluding tert-OH is 1. The Hall–Kier alpha value is -2.08. The van der Waals surface area contributed by atoms with Crippen LogP contribution in [-0.4, -0.2) is 35.8 Å². The molecule has 23 heavy (non-hydrogen) atoms. The average molecular weight is 322 g/mol. The third-order valence-electron chi connectivity index (χ3n) is 3.19. The van der Waals surface area contributed by atoms with Crippen LogP contribution in [0, 0.1) is 5.92 Å². The van der Waals surface area contributed by atoms with Crippen molar-refractivity contribution in [2.45, 2.75) is 45.9 Å². The van der Waals surface area contributed by atoms with Gasteiger partial charge in [0.1, 0.15) is 12.6 Å². The minimum absolute atomic E-state index is 0.149. The fourth-order valence-corrected chi connectivity index (χ4v) is 2.00. The molecule has 0 aliphatic heterocycles. The van der Waals surface area contributed by atoms with Gasteiger partial charge >= 0.3 is 6.09 Å². The zero-order chi connectivity index (χ0) is 17.2. The number of benzene rings is 1. The van der Waals surface area contributed by atoms with Crippen LogP contribution in [0.3, 0.4) is 0 Å². The van der Waals surface area contributed by atoms with Crippen LogP contribution < -0.4 is 10.6 Å². The van der Waals surface area contributed by atoms with E-state index in [0.717, 1.165) is 5.56 Å². The first-order valence-electron chi connectivity index (χ1n) is 7.80. The van der Waals surface area contributed by atoms with Gasteiger partial charge in [-0.2, -0.15) is 0 Å². The molecule has 0 radical (unpaired) electrons. The zero-order valence-corrected chi connectivity index (χ0v) is 13.9. The van der Waals surface area contributed by atoms with E-state index in [9.17, 15) is 9.59 Å². The van der Waals surface area contributed by atoms with Gasteiger partial charge in [0.2, 0.25) is 5.91 Å². The van der Waals surface area contributed by atoms with Crippen LogP contribution in [0.4, 0.5) is 4.79 Å². The van der Waals surface area contributed by atoms with Crippen molar-refractivity contribution in [3.8, 4) is 0 Å². The fourth-order valence-electron chi connectivity index (χ4n) is 2.00. The quantitative estimate of drug-likeness (QED) is 0.681. The molecule has 1 rings (SSSR count). The number of alkyl carbamates (subject to hydrolysis) is 1. The summed E-state index contributed by atoms with van der Waals surface area (Å²) in [5, 5.41) is 14.3. The maximum Gasteiger partial charge on any atom is 0.408 e. The Bertz CT molecular complexity index is 491. The van der Waals surface area contributed by atoms with Gasteiger partial charge in [-0.15, -0.1) is 0 Å². The molecule has 0 saturated heterocycles. The number of aliphatic hydroxyl groups is 1. The Morgan fingerprint density at radius 2 is 1.78 bits per heavy atom. The molecular weight excluding hydrogens is 296 g/mol. The lowest BCUT2D eigenvalue weighted by atomic mass is 10.0. The molecule has 0 fully saturated rings. The maximum absolute atomic E-state index is 12.2. The molecule has 6 heteroatoms. The van der Waals surface area contributed by atoms with Crippen LogP contribution in [0.1, 0.15) is 32.8 Å². The topological polar surface area (TPSA) is 87.7 Å². The van der Waals surface area contributed by atoms with E-state index in [4.69, 9.17) is 9.84 Å².